The van der Waals surface area contributed by atoms with Gasteiger partial charge in [-0.25, -0.2) is 0 Å². The molecule has 1 rings (SSSR count). The van der Waals surface area contributed by atoms with Gasteiger partial charge in [-0.1, -0.05) is 20.8 Å². The molecule has 0 spiro atoms. The number of esters is 1. The Morgan fingerprint density at radius 2 is 2.06 bits per heavy atom. The highest BCUT2D eigenvalue weighted by Gasteiger charge is 2.26. The maximum absolute atomic E-state index is 11.6. The Balaban J connectivity index is 2.22. The first-order valence-electron chi connectivity index (χ1n) is 6.95. The number of nitrogens with one attached hydrogen (secondary N) is 1. The Hall–Kier alpha value is -0.570. The molecular formula is C14H27NO2. The van der Waals surface area contributed by atoms with E-state index in [1.54, 1.807) is 0 Å². The number of carbonyl (C=O) groups is 1. The Bertz CT molecular complexity index is 242. The van der Waals surface area contributed by atoms with E-state index in [9.17, 15) is 4.79 Å². The van der Waals surface area contributed by atoms with Crippen LogP contribution in [0.15, 0.2) is 0 Å². The topological polar surface area (TPSA) is 38.3 Å². The molecule has 0 heterocycles. The lowest BCUT2D eigenvalue weighted by Gasteiger charge is -2.31. The maximum Gasteiger partial charge on any atom is 0.320 e. The van der Waals surface area contributed by atoms with E-state index in [4.69, 9.17) is 4.74 Å². The normalized spacial score (nSPS) is 30.9. The molecule has 17 heavy (non-hydrogen) atoms. The molecule has 0 aromatic rings. The summed E-state index contributed by atoms with van der Waals surface area (Å²) < 4.78 is 5.50. The summed E-state index contributed by atoms with van der Waals surface area (Å²) in [5.74, 6) is 1.34. The lowest BCUT2D eigenvalue weighted by atomic mass is 9.80. The van der Waals surface area contributed by atoms with E-state index in [2.05, 4.69) is 33.0 Å². The lowest BCUT2D eigenvalue weighted by Crippen LogP contribution is -2.35. The Morgan fingerprint density at radius 1 is 1.35 bits per heavy atom. The van der Waals surface area contributed by atoms with Crippen LogP contribution in [0.5, 0.6) is 0 Å². The van der Waals surface area contributed by atoms with Crippen molar-refractivity contribution in [1.82, 2.24) is 5.32 Å². The lowest BCUT2D eigenvalue weighted by molar-refractivity contribution is -0.150. The third-order valence-corrected chi connectivity index (χ3v) is 4.06. The van der Waals surface area contributed by atoms with E-state index in [1.165, 1.54) is 6.42 Å². The van der Waals surface area contributed by atoms with Gasteiger partial charge in [0.25, 0.3) is 0 Å². The van der Waals surface area contributed by atoms with Gasteiger partial charge in [0.1, 0.15) is 6.10 Å². The second-order valence-electron chi connectivity index (χ2n) is 5.57. The Morgan fingerprint density at radius 3 is 2.65 bits per heavy atom. The van der Waals surface area contributed by atoms with Gasteiger partial charge in [-0.15, -0.1) is 0 Å². The van der Waals surface area contributed by atoms with Crippen LogP contribution >= 0.6 is 0 Å². The van der Waals surface area contributed by atoms with Crippen molar-refractivity contribution in [1.29, 1.82) is 0 Å². The number of hydrogen-bond donors (Lipinski definition) is 1. The molecule has 0 aromatic heterocycles. The number of ether oxygens (including phenoxy) is 1. The molecule has 1 fully saturated rings. The summed E-state index contributed by atoms with van der Waals surface area (Å²) in [6.45, 7) is 9.07. The Kier molecular flexibility index (Phi) is 5.96. The first kappa shape index (κ1) is 14.5. The fourth-order valence-electron chi connectivity index (χ4n) is 2.23. The third-order valence-electron chi connectivity index (χ3n) is 4.06. The molecule has 100 valence electrons. The predicted octanol–water partition coefficient (Wildman–Crippen LogP) is 2.74. The van der Waals surface area contributed by atoms with E-state index < -0.39 is 0 Å². The van der Waals surface area contributed by atoms with Crippen molar-refractivity contribution in [2.45, 2.75) is 65.5 Å². The van der Waals surface area contributed by atoms with E-state index in [0.717, 1.165) is 25.2 Å². The summed E-state index contributed by atoms with van der Waals surface area (Å²) in [5.41, 5.74) is 0. The van der Waals surface area contributed by atoms with Gasteiger partial charge >= 0.3 is 5.97 Å². The molecule has 1 aliphatic rings. The molecule has 1 saturated carbocycles. The van der Waals surface area contributed by atoms with Crippen molar-refractivity contribution < 1.29 is 9.53 Å². The summed E-state index contributed by atoms with van der Waals surface area (Å²) >= 11 is 0. The van der Waals surface area contributed by atoms with Gasteiger partial charge in [0, 0.05) is 6.04 Å². The molecule has 0 bridgehead atoms. The monoisotopic (exact) mass is 241 g/mol. The molecule has 0 radical (unpaired) electrons. The van der Waals surface area contributed by atoms with Gasteiger partial charge in [-0.3, -0.25) is 4.79 Å². The summed E-state index contributed by atoms with van der Waals surface area (Å²) in [6, 6.07) is 0.382. The molecule has 4 atom stereocenters. The minimum absolute atomic E-state index is 0.1000. The van der Waals surface area contributed by atoms with Gasteiger partial charge < -0.3 is 10.1 Å². The van der Waals surface area contributed by atoms with Crippen molar-refractivity contribution in [3.8, 4) is 0 Å². The fraction of sp³-hybridized carbons (Fsp3) is 0.929. The van der Waals surface area contributed by atoms with Crippen LogP contribution in [0.3, 0.4) is 0 Å². The average molecular weight is 241 g/mol. The summed E-state index contributed by atoms with van der Waals surface area (Å²) in [4.78, 5) is 11.6. The maximum atomic E-state index is 11.6. The van der Waals surface area contributed by atoms with Gasteiger partial charge in [0.05, 0.1) is 6.54 Å². The SMILES string of the molecule is CCC(C)NCC(=O)OC1CCC(C)C(C)C1. The highest BCUT2D eigenvalue weighted by molar-refractivity contribution is 5.71. The number of carbonyl (C=O) groups excluding carboxylic acids is 1. The van der Waals surface area contributed by atoms with E-state index in [0.29, 0.717) is 18.5 Å². The molecule has 0 aromatic carbocycles. The third kappa shape index (κ3) is 5.07. The van der Waals surface area contributed by atoms with E-state index in [-0.39, 0.29) is 12.1 Å². The largest absolute Gasteiger partial charge is 0.461 e. The zero-order chi connectivity index (χ0) is 12.8. The fourth-order valence-corrected chi connectivity index (χ4v) is 2.23. The van der Waals surface area contributed by atoms with Crippen molar-refractivity contribution in [3.05, 3.63) is 0 Å². The van der Waals surface area contributed by atoms with Crippen LogP contribution in [0.2, 0.25) is 0 Å². The molecule has 3 nitrogen and oxygen atoms in total. The van der Waals surface area contributed by atoms with Crippen molar-refractivity contribution in [2.24, 2.45) is 11.8 Å². The van der Waals surface area contributed by atoms with Gasteiger partial charge in [0.15, 0.2) is 0 Å². The van der Waals surface area contributed by atoms with Crippen molar-refractivity contribution in [2.75, 3.05) is 6.54 Å². The first-order valence-corrected chi connectivity index (χ1v) is 6.95. The first-order chi connectivity index (χ1) is 8.02. The highest BCUT2D eigenvalue weighted by Crippen LogP contribution is 2.30. The van der Waals surface area contributed by atoms with Crippen LogP contribution in [-0.4, -0.2) is 24.7 Å². The van der Waals surface area contributed by atoms with Gasteiger partial charge in [-0.05, 0) is 44.4 Å². The zero-order valence-electron chi connectivity index (χ0n) is 11.7. The molecule has 0 aliphatic heterocycles. The average Bonchev–Trinajstić information content (AvgIpc) is 2.31. The van der Waals surface area contributed by atoms with Gasteiger partial charge in [-0.2, -0.15) is 0 Å². The molecule has 1 aliphatic carbocycles. The Labute approximate surface area is 105 Å². The molecule has 0 saturated heterocycles. The minimum Gasteiger partial charge on any atom is -0.461 e. The van der Waals surface area contributed by atoms with Gasteiger partial charge in [0.2, 0.25) is 0 Å². The van der Waals surface area contributed by atoms with Crippen LogP contribution < -0.4 is 5.32 Å². The van der Waals surface area contributed by atoms with Crippen molar-refractivity contribution in [3.63, 3.8) is 0 Å². The van der Waals surface area contributed by atoms with Crippen LogP contribution in [0.1, 0.15) is 53.4 Å². The second kappa shape index (κ2) is 7.00. The quantitative estimate of drug-likeness (QED) is 0.752. The predicted molar refractivity (Wildman–Crippen MR) is 69.8 cm³/mol. The van der Waals surface area contributed by atoms with Crippen LogP contribution in [-0.2, 0) is 9.53 Å². The summed E-state index contributed by atoms with van der Waals surface area (Å²) in [6.07, 6.45) is 4.41. The number of hydrogen-bond acceptors (Lipinski definition) is 3. The smallest absolute Gasteiger partial charge is 0.320 e. The van der Waals surface area contributed by atoms with E-state index in [1.807, 2.05) is 0 Å². The minimum atomic E-state index is -0.1000. The molecule has 4 unspecified atom stereocenters. The second-order valence-corrected chi connectivity index (χ2v) is 5.57. The molecular weight excluding hydrogens is 214 g/mol. The van der Waals surface area contributed by atoms with Crippen LogP contribution in [0.4, 0.5) is 0 Å². The zero-order valence-corrected chi connectivity index (χ0v) is 11.7. The molecule has 3 heteroatoms. The highest BCUT2D eigenvalue weighted by atomic mass is 16.5. The standard InChI is InChI=1S/C14H27NO2/c1-5-12(4)15-9-14(16)17-13-7-6-10(2)11(3)8-13/h10-13,15H,5-9H2,1-4H3. The van der Waals surface area contributed by atoms with E-state index >= 15 is 0 Å². The molecule has 1 N–H and O–H groups in total. The van der Waals surface area contributed by atoms with Crippen LogP contribution in [0.25, 0.3) is 0 Å². The van der Waals surface area contributed by atoms with Crippen LogP contribution in [0, 0.1) is 11.8 Å². The summed E-state index contributed by atoms with van der Waals surface area (Å²) in [5, 5.41) is 3.17. The molecule has 0 amide bonds. The number of rotatable bonds is 5. The summed E-state index contributed by atoms with van der Waals surface area (Å²) in [7, 11) is 0. The van der Waals surface area contributed by atoms with Crippen molar-refractivity contribution >= 4 is 5.97 Å².